The van der Waals surface area contributed by atoms with E-state index in [0.717, 1.165) is 59.7 Å². The highest BCUT2D eigenvalue weighted by molar-refractivity contribution is 9.10. The standard InChI is InChI=1S/C25H27BrN4O3/c1-3-16-6-13(4-5-32-16)17-8-20-18(17)9-19-21-7-15(26)11-27-25(21)33-23(19)22(29-24(20)31)14-10-28-30(2)12-14/h7,10-13,16-18,20H,3-6,8-9H2,1-2H3. The fourth-order valence-electron chi connectivity index (χ4n) is 6.07. The highest BCUT2D eigenvalue weighted by Gasteiger charge is 2.50. The Balaban J connectivity index is 1.44. The van der Waals surface area contributed by atoms with Crippen LogP contribution in [-0.2, 0) is 23.0 Å². The Morgan fingerprint density at radius 3 is 2.91 bits per heavy atom. The largest absolute Gasteiger partial charge is 0.436 e. The van der Waals surface area contributed by atoms with E-state index < -0.39 is 0 Å². The highest BCUT2D eigenvalue weighted by Crippen LogP contribution is 2.52. The predicted octanol–water partition coefficient (Wildman–Crippen LogP) is 4.70. The average Bonchev–Trinajstić information content (AvgIpc) is 3.37. The fourth-order valence-corrected chi connectivity index (χ4v) is 6.40. The molecule has 3 aliphatic rings. The number of aryl methyl sites for hydroxylation is 1. The van der Waals surface area contributed by atoms with Crippen molar-refractivity contribution in [1.29, 1.82) is 0 Å². The number of carbonyl (C=O) groups excluding carboxylic acids is 1. The Hall–Kier alpha value is -2.32. The summed E-state index contributed by atoms with van der Waals surface area (Å²) in [6.07, 6.45) is 10.6. The summed E-state index contributed by atoms with van der Waals surface area (Å²) in [5.74, 6) is 1.97. The number of ether oxygens (including phenoxy) is 1. The number of amides is 1. The molecule has 1 amide bonds. The van der Waals surface area contributed by atoms with Crippen molar-refractivity contribution in [3.8, 4) is 0 Å². The molecule has 1 saturated carbocycles. The van der Waals surface area contributed by atoms with Gasteiger partial charge in [-0.1, -0.05) is 6.92 Å². The van der Waals surface area contributed by atoms with E-state index in [1.54, 1.807) is 17.1 Å². The predicted molar refractivity (Wildman–Crippen MR) is 127 cm³/mol. The van der Waals surface area contributed by atoms with Crippen LogP contribution in [0.2, 0.25) is 0 Å². The van der Waals surface area contributed by atoms with Crippen LogP contribution in [0.5, 0.6) is 0 Å². The van der Waals surface area contributed by atoms with Crippen LogP contribution in [0.25, 0.3) is 11.1 Å². The lowest BCUT2D eigenvalue weighted by Crippen LogP contribution is -2.48. The maximum Gasteiger partial charge on any atom is 0.249 e. The minimum Gasteiger partial charge on any atom is -0.436 e. The van der Waals surface area contributed by atoms with E-state index in [4.69, 9.17) is 9.15 Å². The summed E-state index contributed by atoms with van der Waals surface area (Å²) in [5, 5.41) is 5.29. The maximum atomic E-state index is 13.3. The number of nitrogens with zero attached hydrogens (tertiary/aromatic N) is 4. The van der Waals surface area contributed by atoms with Crippen LogP contribution in [0.1, 0.15) is 49.5 Å². The van der Waals surface area contributed by atoms with Crippen molar-refractivity contribution >= 4 is 38.6 Å². The van der Waals surface area contributed by atoms with Crippen LogP contribution in [0.15, 0.2) is 38.5 Å². The van der Waals surface area contributed by atoms with Crippen LogP contribution in [0, 0.1) is 23.7 Å². The summed E-state index contributed by atoms with van der Waals surface area (Å²) in [6.45, 7) is 3.02. The number of halogens is 1. The van der Waals surface area contributed by atoms with Gasteiger partial charge in [0.1, 0.15) is 5.71 Å². The van der Waals surface area contributed by atoms with Crippen molar-refractivity contribution in [3.05, 3.63) is 46.0 Å². The van der Waals surface area contributed by atoms with Gasteiger partial charge in [0.05, 0.1) is 12.3 Å². The Bertz CT molecular complexity index is 1260. The number of carbonyl (C=O) groups is 1. The molecule has 5 atom stereocenters. The molecule has 0 aromatic carbocycles. The Morgan fingerprint density at radius 2 is 2.12 bits per heavy atom. The van der Waals surface area contributed by atoms with Gasteiger partial charge in [0.2, 0.25) is 11.6 Å². The van der Waals surface area contributed by atoms with Crippen LogP contribution in [-0.4, -0.2) is 39.1 Å². The van der Waals surface area contributed by atoms with Gasteiger partial charge in [0, 0.05) is 53.0 Å². The maximum absolute atomic E-state index is 13.3. The molecule has 3 aromatic heterocycles. The van der Waals surface area contributed by atoms with Crippen molar-refractivity contribution in [1.82, 2.24) is 14.8 Å². The van der Waals surface area contributed by atoms with Gasteiger partial charge < -0.3 is 9.15 Å². The van der Waals surface area contributed by atoms with Gasteiger partial charge in [-0.15, -0.1) is 0 Å². The number of rotatable bonds is 3. The van der Waals surface area contributed by atoms with E-state index in [-0.39, 0.29) is 17.7 Å². The summed E-state index contributed by atoms with van der Waals surface area (Å²) in [6, 6.07) is 2.07. The van der Waals surface area contributed by atoms with Gasteiger partial charge in [-0.05, 0) is 71.9 Å². The minimum absolute atomic E-state index is 0.0329. The molecule has 0 spiro atoms. The molecule has 1 aliphatic carbocycles. The molecule has 5 heterocycles. The van der Waals surface area contributed by atoms with E-state index in [0.29, 0.717) is 35.1 Å². The van der Waals surface area contributed by atoms with Crippen molar-refractivity contribution in [2.75, 3.05) is 6.61 Å². The first-order chi connectivity index (χ1) is 16.0. The number of pyridine rings is 1. The molecule has 3 aromatic rings. The van der Waals surface area contributed by atoms with Gasteiger partial charge in [-0.2, -0.15) is 5.10 Å². The molecule has 5 unspecified atom stereocenters. The molecule has 8 heteroatoms. The summed E-state index contributed by atoms with van der Waals surface area (Å²) >= 11 is 3.57. The first-order valence-corrected chi connectivity index (χ1v) is 12.6. The Labute approximate surface area is 200 Å². The molecule has 172 valence electrons. The van der Waals surface area contributed by atoms with Crippen molar-refractivity contribution < 1.29 is 13.9 Å². The third-order valence-corrected chi connectivity index (χ3v) is 8.28. The number of hydrogen-bond donors (Lipinski definition) is 0. The molecule has 0 N–H and O–H groups in total. The summed E-state index contributed by atoms with van der Waals surface area (Å²) in [4.78, 5) is 22.5. The smallest absolute Gasteiger partial charge is 0.249 e. The zero-order valence-electron chi connectivity index (χ0n) is 18.8. The Morgan fingerprint density at radius 1 is 1.24 bits per heavy atom. The second-order valence-electron chi connectivity index (χ2n) is 9.68. The molecule has 2 aliphatic heterocycles. The van der Waals surface area contributed by atoms with Gasteiger partial charge in [-0.25, -0.2) is 9.98 Å². The molecular formula is C25H27BrN4O3. The molecule has 0 radical (unpaired) electrons. The average molecular weight is 511 g/mol. The van der Waals surface area contributed by atoms with Crippen molar-refractivity contribution in [2.45, 2.75) is 45.1 Å². The van der Waals surface area contributed by atoms with Crippen molar-refractivity contribution in [2.24, 2.45) is 35.7 Å². The Kier molecular flexibility index (Phi) is 5.25. The minimum atomic E-state index is -0.0391. The molecule has 1 saturated heterocycles. The summed E-state index contributed by atoms with van der Waals surface area (Å²) in [5.41, 5.74) is 3.04. The quantitative estimate of drug-likeness (QED) is 0.509. The third kappa shape index (κ3) is 3.58. The SMILES string of the molecule is CCC1CC(C2CC3C(=O)N=C(c4cnn(C)c4)c4oc5ncc(Br)cc5c4CC32)CCO1. The van der Waals surface area contributed by atoms with E-state index >= 15 is 0 Å². The first-order valence-electron chi connectivity index (χ1n) is 11.8. The lowest BCUT2D eigenvalue weighted by atomic mass is 9.56. The highest BCUT2D eigenvalue weighted by atomic mass is 79.9. The lowest BCUT2D eigenvalue weighted by molar-refractivity contribution is -0.134. The molecule has 6 rings (SSSR count). The van der Waals surface area contributed by atoms with Crippen molar-refractivity contribution in [3.63, 3.8) is 0 Å². The number of aromatic nitrogens is 3. The summed E-state index contributed by atoms with van der Waals surface area (Å²) < 4.78 is 14.8. The normalized spacial score (nSPS) is 29.6. The second kappa shape index (κ2) is 8.17. The monoisotopic (exact) mass is 510 g/mol. The van der Waals surface area contributed by atoms with Crippen LogP contribution in [0.3, 0.4) is 0 Å². The number of fused-ring (bicyclic) bond motifs is 4. The van der Waals surface area contributed by atoms with Gasteiger partial charge in [0.15, 0.2) is 5.76 Å². The zero-order valence-corrected chi connectivity index (χ0v) is 20.4. The molecular weight excluding hydrogens is 484 g/mol. The topological polar surface area (TPSA) is 82.5 Å². The third-order valence-electron chi connectivity index (χ3n) is 7.85. The fraction of sp³-hybridized carbons (Fsp3) is 0.520. The number of aliphatic imine (C=N–C) groups is 1. The summed E-state index contributed by atoms with van der Waals surface area (Å²) in [7, 11) is 1.86. The van der Waals surface area contributed by atoms with Crippen LogP contribution < -0.4 is 0 Å². The molecule has 7 nitrogen and oxygen atoms in total. The molecule has 0 bridgehead atoms. The zero-order chi connectivity index (χ0) is 22.7. The molecule has 2 fully saturated rings. The number of hydrogen-bond acceptors (Lipinski definition) is 5. The second-order valence-corrected chi connectivity index (χ2v) is 10.6. The first kappa shape index (κ1) is 21.2. The van der Waals surface area contributed by atoms with E-state index in [1.807, 2.05) is 13.2 Å². The lowest BCUT2D eigenvalue weighted by Gasteiger charge is -2.49. The van der Waals surface area contributed by atoms with E-state index in [1.165, 1.54) is 0 Å². The van der Waals surface area contributed by atoms with Gasteiger partial charge in [0.25, 0.3) is 0 Å². The van der Waals surface area contributed by atoms with E-state index in [9.17, 15) is 4.79 Å². The number of furan rings is 1. The molecule has 33 heavy (non-hydrogen) atoms. The van der Waals surface area contributed by atoms with Crippen LogP contribution >= 0.6 is 15.9 Å². The van der Waals surface area contributed by atoms with E-state index in [2.05, 4.69) is 44.0 Å². The van der Waals surface area contributed by atoms with Gasteiger partial charge >= 0.3 is 0 Å². The van der Waals surface area contributed by atoms with Crippen LogP contribution in [0.4, 0.5) is 0 Å². The van der Waals surface area contributed by atoms with Gasteiger partial charge in [-0.3, -0.25) is 9.48 Å².